The van der Waals surface area contributed by atoms with E-state index in [1.165, 1.54) is 0 Å². The monoisotopic (exact) mass is 263 g/mol. The number of rotatable bonds is 3. The molecule has 0 unspecified atom stereocenters. The normalized spacial score (nSPS) is 10.4. The van der Waals surface area contributed by atoms with Crippen molar-refractivity contribution in [2.45, 2.75) is 6.92 Å². The highest BCUT2D eigenvalue weighted by molar-refractivity contribution is 5.81. The van der Waals surface area contributed by atoms with Crippen LogP contribution < -0.4 is 4.74 Å². The van der Waals surface area contributed by atoms with Crippen molar-refractivity contribution in [1.82, 2.24) is 9.55 Å². The third-order valence-corrected chi connectivity index (χ3v) is 3.09. The Balaban J connectivity index is 2.04. The van der Waals surface area contributed by atoms with Gasteiger partial charge in [-0.1, -0.05) is 6.07 Å². The summed E-state index contributed by atoms with van der Waals surface area (Å²) in [6.07, 6.45) is 1.77. The van der Waals surface area contributed by atoms with Gasteiger partial charge in [0, 0.05) is 5.69 Å². The fourth-order valence-electron chi connectivity index (χ4n) is 2.15. The summed E-state index contributed by atoms with van der Waals surface area (Å²) in [6.45, 7) is 9.65. The zero-order valence-electron chi connectivity index (χ0n) is 11.1. The first-order valence-corrected chi connectivity index (χ1v) is 6.39. The molecule has 0 saturated heterocycles. The summed E-state index contributed by atoms with van der Waals surface area (Å²) in [5.74, 6) is 0.857. The van der Waals surface area contributed by atoms with E-state index >= 15 is 0 Å². The van der Waals surface area contributed by atoms with Gasteiger partial charge in [-0.25, -0.2) is 9.83 Å². The van der Waals surface area contributed by atoms with Crippen molar-refractivity contribution in [2.24, 2.45) is 0 Å². The van der Waals surface area contributed by atoms with Crippen LogP contribution >= 0.6 is 0 Å². The molecule has 1 aromatic heterocycles. The quantitative estimate of drug-likeness (QED) is 0.669. The predicted molar refractivity (Wildman–Crippen MR) is 78.5 cm³/mol. The fourth-order valence-corrected chi connectivity index (χ4v) is 2.15. The Morgan fingerprint density at radius 3 is 2.70 bits per heavy atom. The minimum atomic E-state index is 0.606. The predicted octanol–water partition coefficient (Wildman–Crippen LogP) is 3.97. The Hall–Kier alpha value is -2.80. The van der Waals surface area contributed by atoms with Crippen molar-refractivity contribution >= 4 is 16.7 Å². The highest BCUT2D eigenvalue weighted by Crippen LogP contribution is 2.24. The van der Waals surface area contributed by atoms with Crippen LogP contribution in [0.5, 0.6) is 5.75 Å². The zero-order chi connectivity index (χ0) is 13.9. The minimum Gasteiger partial charge on any atom is -0.494 e. The van der Waals surface area contributed by atoms with Gasteiger partial charge in [0.2, 0.25) is 0 Å². The molecule has 0 amide bonds. The summed E-state index contributed by atoms with van der Waals surface area (Å²) in [7, 11) is 0. The van der Waals surface area contributed by atoms with Gasteiger partial charge in [0.25, 0.3) is 0 Å². The summed E-state index contributed by atoms with van der Waals surface area (Å²) in [6, 6.07) is 13.4. The van der Waals surface area contributed by atoms with Gasteiger partial charge < -0.3 is 4.74 Å². The van der Waals surface area contributed by atoms with Crippen LogP contribution in [0.3, 0.4) is 0 Å². The smallest absolute Gasteiger partial charge is 0.189 e. The summed E-state index contributed by atoms with van der Waals surface area (Å²) in [5.41, 5.74) is 3.44. The molecule has 0 atom stereocenters. The van der Waals surface area contributed by atoms with E-state index in [4.69, 9.17) is 11.3 Å². The highest BCUT2D eigenvalue weighted by atomic mass is 16.5. The summed E-state index contributed by atoms with van der Waals surface area (Å²) in [4.78, 5) is 7.77. The Bertz CT molecular complexity index is 782. The first-order valence-electron chi connectivity index (χ1n) is 6.39. The van der Waals surface area contributed by atoms with E-state index in [0.717, 1.165) is 22.5 Å². The average Bonchev–Trinajstić information content (AvgIpc) is 2.91. The molecule has 0 aliphatic rings. The molecule has 0 spiro atoms. The lowest BCUT2D eigenvalue weighted by atomic mass is 10.2. The van der Waals surface area contributed by atoms with E-state index in [0.29, 0.717) is 12.3 Å². The maximum absolute atomic E-state index is 7.03. The van der Waals surface area contributed by atoms with Crippen molar-refractivity contribution in [3.8, 4) is 11.4 Å². The molecule has 4 heteroatoms. The first-order chi connectivity index (χ1) is 9.81. The lowest BCUT2D eigenvalue weighted by molar-refractivity contribution is 0.340. The van der Waals surface area contributed by atoms with Crippen molar-refractivity contribution in [3.63, 3.8) is 0 Å². The minimum absolute atomic E-state index is 0.606. The van der Waals surface area contributed by atoms with E-state index in [1.54, 1.807) is 12.4 Å². The molecule has 3 rings (SSSR count). The molecule has 0 aliphatic carbocycles. The van der Waals surface area contributed by atoms with Crippen LogP contribution in [0, 0.1) is 6.57 Å². The van der Waals surface area contributed by atoms with Gasteiger partial charge in [0.05, 0.1) is 24.2 Å². The molecule has 0 aliphatic heterocycles. The van der Waals surface area contributed by atoms with Crippen LogP contribution in [-0.2, 0) is 0 Å². The van der Waals surface area contributed by atoms with E-state index in [-0.39, 0.29) is 0 Å². The zero-order valence-corrected chi connectivity index (χ0v) is 11.1. The van der Waals surface area contributed by atoms with Gasteiger partial charge in [0.1, 0.15) is 12.1 Å². The topological polar surface area (TPSA) is 31.4 Å². The first kappa shape index (κ1) is 12.2. The van der Waals surface area contributed by atoms with E-state index < -0.39 is 0 Å². The molecular weight excluding hydrogens is 250 g/mol. The van der Waals surface area contributed by atoms with Crippen molar-refractivity contribution in [1.29, 1.82) is 0 Å². The highest BCUT2D eigenvalue weighted by Gasteiger charge is 2.05. The van der Waals surface area contributed by atoms with Gasteiger partial charge in [-0.2, -0.15) is 0 Å². The van der Waals surface area contributed by atoms with E-state index in [2.05, 4.69) is 9.83 Å². The number of aromatic nitrogens is 2. The maximum Gasteiger partial charge on any atom is 0.189 e. The van der Waals surface area contributed by atoms with Gasteiger partial charge in [-0.3, -0.25) is 4.57 Å². The Morgan fingerprint density at radius 2 is 2.00 bits per heavy atom. The molecular formula is C16H13N3O. The van der Waals surface area contributed by atoms with Crippen LogP contribution in [0.2, 0.25) is 0 Å². The number of hydrogen-bond acceptors (Lipinski definition) is 2. The third-order valence-electron chi connectivity index (χ3n) is 3.09. The van der Waals surface area contributed by atoms with Gasteiger partial charge >= 0.3 is 0 Å². The number of ether oxygens (including phenoxy) is 1. The number of fused-ring (bicyclic) bond motifs is 1. The molecule has 0 bridgehead atoms. The van der Waals surface area contributed by atoms with Gasteiger partial charge in [0.15, 0.2) is 5.69 Å². The summed E-state index contributed by atoms with van der Waals surface area (Å²) < 4.78 is 7.44. The molecule has 4 nitrogen and oxygen atoms in total. The van der Waals surface area contributed by atoms with Crippen molar-refractivity contribution < 1.29 is 4.74 Å². The van der Waals surface area contributed by atoms with E-state index in [1.807, 2.05) is 47.9 Å². The SMILES string of the molecule is [C-]#[N+]c1ccc2c(c1)ncn2-c1ccc(OCC)cc1. The summed E-state index contributed by atoms with van der Waals surface area (Å²) >= 11 is 0. The summed E-state index contributed by atoms with van der Waals surface area (Å²) in [5, 5.41) is 0. The molecule has 0 radical (unpaired) electrons. The van der Waals surface area contributed by atoms with Crippen molar-refractivity contribution in [3.05, 3.63) is 60.2 Å². The molecule has 20 heavy (non-hydrogen) atoms. The number of hydrogen-bond donors (Lipinski definition) is 0. The lowest BCUT2D eigenvalue weighted by Crippen LogP contribution is -1.94. The Kier molecular flexibility index (Phi) is 3.10. The van der Waals surface area contributed by atoms with Crippen LogP contribution in [-0.4, -0.2) is 16.2 Å². The van der Waals surface area contributed by atoms with Crippen LogP contribution in [0.4, 0.5) is 5.69 Å². The molecule has 98 valence electrons. The largest absolute Gasteiger partial charge is 0.494 e. The average molecular weight is 263 g/mol. The number of nitrogens with zero attached hydrogens (tertiary/aromatic N) is 3. The Morgan fingerprint density at radius 1 is 1.20 bits per heavy atom. The van der Waals surface area contributed by atoms with Crippen LogP contribution in [0.1, 0.15) is 6.92 Å². The molecule has 1 heterocycles. The van der Waals surface area contributed by atoms with Gasteiger partial charge in [-0.15, -0.1) is 0 Å². The molecule has 3 aromatic rings. The van der Waals surface area contributed by atoms with Crippen molar-refractivity contribution in [2.75, 3.05) is 6.61 Å². The third kappa shape index (κ3) is 2.10. The van der Waals surface area contributed by atoms with Crippen LogP contribution in [0.25, 0.3) is 21.6 Å². The maximum atomic E-state index is 7.03. The molecule has 0 saturated carbocycles. The lowest BCUT2D eigenvalue weighted by Gasteiger charge is -2.06. The molecule has 0 fully saturated rings. The standard InChI is InChI=1S/C16H13N3O/c1-3-20-14-7-5-13(6-8-14)19-11-18-15-10-12(17-2)4-9-16(15)19/h4-11H,3H2,1H3. The number of imidazole rings is 1. The Labute approximate surface area is 117 Å². The van der Waals surface area contributed by atoms with Crippen LogP contribution in [0.15, 0.2) is 48.8 Å². The van der Waals surface area contributed by atoms with Gasteiger partial charge in [-0.05, 0) is 43.3 Å². The second kappa shape index (κ2) is 5.06. The second-order valence-electron chi connectivity index (χ2n) is 4.33. The fraction of sp³-hybridized carbons (Fsp3) is 0.125. The number of benzene rings is 2. The molecule has 2 aromatic carbocycles. The second-order valence-corrected chi connectivity index (χ2v) is 4.33. The van der Waals surface area contributed by atoms with E-state index in [9.17, 15) is 0 Å². The molecule has 0 N–H and O–H groups in total.